The first-order chi connectivity index (χ1) is 13.9. The van der Waals surface area contributed by atoms with Crippen molar-refractivity contribution < 1.29 is 17.9 Å². The highest BCUT2D eigenvalue weighted by Crippen LogP contribution is 2.30. The fourth-order valence-electron chi connectivity index (χ4n) is 3.52. The Morgan fingerprint density at radius 2 is 1.83 bits per heavy atom. The average Bonchev–Trinajstić information content (AvgIpc) is 3.30. The lowest BCUT2D eigenvalue weighted by molar-refractivity contribution is -0.137. The van der Waals surface area contributed by atoms with Crippen LogP contribution in [-0.4, -0.2) is 33.0 Å². The lowest BCUT2D eigenvalue weighted by Gasteiger charge is -2.21. The molecule has 0 radical (unpaired) electrons. The zero-order valence-corrected chi connectivity index (χ0v) is 15.9. The summed E-state index contributed by atoms with van der Waals surface area (Å²) in [6.45, 7) is 4.37. The van der Waals surface area contributed by atoms with Crippen LogP contribution in [0.5, 0.6) is 0 Å². The summed E-state index contributed by atoms with van der Waals surface area (Å²) in [5.41, 5.74) is 2.89. The monoisotopic (exact) mass is 402 g/mol. The van der Waals surface area contributed by atoms with Crippen molar-refractivity contribution in [3.8, 4) is 0 Å². The van der Waals surface area contributed by atoms with Crippen molar-refractivity contribution in [1.82, 2.24) is 19.9 Å². The van der Waals surface area contributed by atoms with Crippen molar-refractivity contribution in [1.29, 1.82) is 0 Å². The quantitative estimate of drug-likeness (QED) is 0.642. The van der Waals surface area contributed by atoms with Gasteiger partial charge in [-0.25, -0.2) is 4.68 Å². The van der Waals surface area contributed by atoms with Gasteiger partial charge in [0.2, 0.25) is 0 Å². The molecule has 0 N–H and O–H groups in total. The minimum absolute atomic E-state index is 0.210. The van der Waals surface area contributed by atoms with Crippen LogP contribution >= 0.6 is 0 Å². The molecule has 1 aromatic heterocycles. The van der Waals surface area contributed by atoms with E-state index < -0.39 is 11.7 Å². The molecule has 1 atom stereocenters. The lowest BCUT2D eigenvalue weighted by atomic mass is 10.1. The Balaban J connectivity index is 1.47. The highest BCUT2D eigenvalue weighted by molar-refractivity contribution is 5.26. The van der Waals surface area contributed by atoms with Gasteiger partial charge in [0.05, 0.1) is 24.9 Å². The first-order valence-corrected chi connectivity index (χ1v) is 9.36. The predicted molar refractivity (Wildman–Crippen MR) is 101 cm³/mol. The van der Waals surface area contributed by atoms with E-state index in [2.05, 4.69) is 40.3 Å². The fourth-order valence-corrected chi connectivity index (χ4v) is 3.52. The predicted octanol–water partition coefficient (Wildman–Crippen LogP) is 4.18. The highest BCUT2D eigenvalue weighted by atomic mass is 19.4. The van der Waals surface area contributed by atoms with Gasteiger partial charge in [-0.3, -0.25) is 4.90 Å². The van der Waals surface area contributed by atoms with Crippen molar-refractivity contribution in [2.24, 2.45) is 0 Å². The SMILES string of the molecule is Cc1cccc(CN2CCOC2c2cn(Cc3cccc(C(F)(F)F)c3)nn2)c1. The number of benzene rings is 2. The molecule has 152 valence electrons. The normalized spacial score (nSPS) is 17.7. The molecule has 2 heterocycles. The second-order valence-corrected chi connectivity index (χ2v) is 7.22. The molecule has 0 aliphatic carbocycles. The summed E-state index contributed by atoms with van der Waals surface area (Å²) in [6.07, 6.45) is -2.94. The number of halogens is 3. The minimum Gasteiger partial charge on any atom is -0.356 e. The van der Waals surface area contributed by atoms with Crippen molar-refractivity contribution >= 4 is 0 Å². The smallest absolute Gasteiger partial charge is 0.356 e. The van der Waals surface area contributed by atoms with Crippen LogP contribution in [0.15, 0.2) is 54.7 Å². The van der Waals surface area contributed by atoms with Gasteiger partial charge in [0.1, 0.15) is 5.69 Å². The molecule has 0 amide bonds. The highest BCUT2D eigenvalue weighted by Gasteiger charge is 2.31. The molecule has 8 heteroatoms. The summed E-state index contributed by atoms with van der Waals surface area (Å²) in [6, 6.07) is 13.5. The van der Waals surface area contributed by atoms with Gasteiger partial charge >= 0.3 is 6.18 Å². The molecular formula is C21H21F3N4O. The van der Waals surface area contributed by atoms with E-state index in [0.717, 1.165) is 25.2 Å². The van der Waals surface area contributed by atoms with Gasteiger partial charge < -0.3 is 4.74 Å². The molecule has 1 saturated heterocycles. The van der Waals surface area contributed by atoms with Crippen LogP contribution in [0.4, 0.5) is 13.2 Å². The number of aryl methyl sites for hydroxylation is 1. The Hall–Kier alpha value is -2.71. The third-order valence-corrected chi connectivity index (χ3v) is 4.86. The van der Waals surface area contributed by atoms with Gasteiger partial charge in [-0.2, -0.15) is 13.2 Å². The third-order valence-electron chi connectivity index (χ3n) is 4.86. The zero-order valence-electron chi connectivity index (χ0n) is 15.9. The van der Waals surface area contributed by atoms with E-state index in [1.165, 1.54) is 21.9 Å². The molecule has 2 aromatic carbocycles. The van der Waals surface area contributed by atoms with E-state index in [0.29, 0.717) is 17.9 Å². The molecule has 1 unspecified atom stereocenters. The van der Waals surface area contributed by atoms with Crippen molar-refractivity contribution in [2.75, 3.05) is 13.2 Å². The Morgan fingerprint density at radius 3 is 2.59 bits per heavy atom. The van der Waals surface area contributed by atoms with Gasteiger partial charge in [-0.05, 0) is 30.2 Å². The molecule has 1 aliphatic rings. The second-order valence-electron chi connectivity index (χ2n) is 7.22. The van der Waals surface area contributed by atoms with E-state index >= 15 is 0 Å². The molecule has 29 heavy (non-hydrogen) atoms. The molecule has 0 bridgehead atoms. The molecule has 1 aliphatic heterocycles. The van der Waals surface area contributed by atoms with Crippen molar-refractivity contribution in [2.45, 2.75) is 32.4 Å². The molecule has 4 rings (SSSR count). The number of aromatic nitrogens is 3. The van der Waals surface area contributed by atoms with Crippen LogP contribution in [0.2, 0.25) is 0 Å². The molecule has 3 aromatic rings. The maximum absolute atomic E-state index is 12.9. The maximum Gasteiger partial charge on any atom is 0.416 e. The number of hydrogen-bond donors (Lipinski definition) is 0. The molecule has 0 saturated carbocycles. The van der Waals surface area contributed by atoms with E-state index in [9.17, 15) is 13.2 Å². The Labute approximate surface area is 166 Å². The summed E-state index contributed by atoms with van der Waals surface area (Å²) in [5, 5.41) is 8.28. The van der Waals surface area contributed by atoms with Gasteiger partial charge in [-0.1, -0.05) is 47.2 Å². The van der Waals surface area contributed by atoms with Crippen LogP contribution in [0.25, 0.3) is 0 Å². The first-order valence-electron chi connectivity index (χ1n) is 9.36. The number of ether oxygens (including phenoxy) is 1. The Kier molecular flexibility index (Phi) is 5.38. The standard InChI is InChI=1S/C21H21F3N4O/c1-15-4-2-5-16(10-15)12-27-8-9-29-20(27)19-14-28(26-25-19)13-17-6-3-7-18(11-17)21(22,23)24/h2-7,10-11,14,20H,8-9,12-13H2,1H3. The Morgan fingerprint density at radius 1 is 1.07 bits per heavy atom. The Bertz CT molecular complexity index is 986. The number of hydrogen-bond acceptors (Lipinski definition) is 4. The third kappa shape index (κ3) is 4.65. The van der Waals surface area contributed by atoms with E-state index in [-0.39, 0.29) is 12.8 Å². The number of alkyl halides is 3. The average molecular weight is 402 g/mol. The lowest BCUT2D eigenvalue weighted by Crippen LogP contribution is -2.23. The summed E-state index contributed by atoms with van der Waals surface area (Å²) >= 11 is 0. The van der Waals surface area contributed by atoms with Gasteiger partial charge in [0.15, 0.2) is 6.23 Å². The molecule has 5 nitrogen and oxygen atoms in total. The summed E-state index contributed by atoms with van der Waals surface area (Å²) in [5.74, 6) is 0. The minimum atomic E-state index is -4.36. The number of rotatable bonds is 5. The van der Waals surface area contributed by atoms with Crippen LogP contribution in [0.1, 0.15) is 34.2 Å². The van der Waals surface area contributed by atoms with Crippen LogP contribution < -0.4 is 0 Å². The van der Waals surface area contributed by atoms with E-state index in [4.69, 9.17) is 4.74 Å². The zero-order chi connectivity index (χ0) is 20.4. The largest absolute Gasteiger partial charge is 0.416 e. The van der Waals surface area contributed by atoms with Crippen LogP contribution in [0.3, 0.4) is 0 Å². The van der Waals surface area contributed by atoms with E-state index in [1.54, 1.807) is 12.3 Å². The van der Waals surface area contributed by atoms with Crippen LogP contribution in [-0.2, 0) is 24.0 Å². The van der Waals surface area contributed by atoms with Gasteiger partial charge in [-0.15, -0.1) is 5.10 Å². The summed E-state index contributed by atoms with van der Waals surface area (Å²) in [4.78, 5) is 2.17. The summed E-state index contributed by atoms with van der Waals surface area (Å²) in [7, 11) is 0. The second kappa shape index (κ2) is 7.96. The first kappa shape index (κ1) is 19.6. The number of nitrogens with zero attached hydrogens (tertiary/aromatic N) is 4. The topological polar surface area (TPSA) is 43.2 Å². The maximum atomic E-state index is 12.9. The van der Waals surface area contributed by atoms with E-state index in [1.807, 2.05) is 6.07 Å². The van der Waals surface area contributed by atoms with Crippen molar-refractivity contribution in [3.63, 3.8) is 0 Å². The summed E-state index contributed by atoms with van der Waals surface area (Å²) < 4.78 is 46.1. The van der Waals surface area contributed by atoms with Gasteiger partial charge in [0.25, 0.3) is 0 Å². The molecular weight excluding hydrogens is 381 g/mol. The molecule has 0 spiro atoms. The van der Waals surface area contributed by atoms with Crippen molar-refractivity contribution in [3.05, 3.63) is 82.7 Å². The molecule has 1 fully saturated rings. The van der Waals surface area contributed by atoms with Crippen LogP contribution in [0, 0.1) is 6.92 Å². The van der Waals surface area contributed by atoms with Gasteiger partial charge in [0, 0.05) is 13.1 Å². The fraction of sp³-hybridized carbons (Fsp3) is 0.333.